The second kappa shape index (κ2) is 8.34. The molecule has 0 fully saturated rings. The van der Waals surface area contributed by atoms with Gasteiger partial charge in [0.05, 0.1) is 11.4 Å². The Balaban J connectivity index is 2.36. The molecule has 0 heterocycles. The van der Waals surface area contributed by atoms with Gasteiger partial charge in [-0.05, 0) is 64.1 Å². The molecule has 0 saturated carbocycles. The summed E-state index contributed by atoms with van der Waals surface area (Å²) in [5, 5.41) is 5.20. The first-order valence-electron chi connectivity index (χ1n) is 8.17. The van der Waals surface area contributed by atoms with Crippen LogP contribution in [0, 0.1) is 5.82 Å². The molecule has 0 saturated heterocycles. The summed E-state index contributed by atoms with van der Waals surface area (Å²) in [6, 6.07) is 16.6. The number of guanidine groups is 1. The molecule has 0 atom stereocenters. The van der Waals surface area contributed by atoms with E-state index in [4.69, 9.17) is 0 Å². The monoisotopic (exact) mass is 328 g/mol. The summed E-state index contributed by atoms with van der Waals surface area (Å²) in [5.41, 5.74) is 5.08. The SMILES string of the molecule is CC(C)N=C(NC(C)C)NN(c1ccccc1)c1ccc(F)cc1. The Morgan fingerprint density at radius 1 is 0.917 bits per heavy atom. The van der Waals surface area contributed by atoms with E-state index >= 15 is 0 Å². The Morgan fingerprint density at radius 2 is 1.50 bits per heavy atom. The molecule has 2 aromatic rings. The topological polar surface area (TPSA) is 39.7 Å². The van der Waals surface area contributed by atoms with E-state index in [2.05, 4.69) is 29.6 Å². The number of hydrazine groups is 1. The Bertz CT molecular complexity index is 651. The minimum absolute atomic E-state index is 0.143. The summed E-state index contributed by atoms with van der Waals surface area (Å²) in [4.78, 5) is 4.60. The van der Waals surface area contributed by atoms with Gasteiger partial charge in [-0.25, -0.2) is 9.38 Å². The lowest BCUT2D eigenvalue weighted by Gasteiger charge is -2.28. The normalized spacial score (nSPS) is 11.7. The maximum atomic E-state index is 13.3. The fourth-order valence-corrected chi connectivity index (χ4v) is 2.18. The average Bonchev–Trinajstić information content (AvgIpc) is 2.53. The molecule has 0 bridgehead atoms. The molecule has 0 aliphatic heterocycles. The Kier molecular flexibility index (Phi) is 6.18. The van der Waals surface area contributed by atoms with Gasteiger partial charge in [0.2, 0.25) is 5.96 Å². The second-order valence-electron chi connectivity index (χ2n) is 6.13. The summed E-state index contributed by atoms with van der Waals surface area (Å²) in [5.74, 6) is 0.413. The molecule has 2 aromatic carbocycles. The molecule has 5 heteroatoms. The lowest BCUT2D eigenvalue weighted by molar-refractivity contribution is 0.627. The van der Waals surface area contributed by atoms with Crippen LogP contribution in [0.15, 0.2) is 59.6 Å². The van der Waals surface area contributed by atoms with Gasteiger partial charge in [-0.2, -0.15) is 0 Å². The molecular weight excluding hydrogens is 303 g/mol. The number of halogens is 1. The molecule has 0 aliphatic rings. The molecule has 4 nitrogen and oxygen atoms in total. The highest BCUT2D eigenvalue weighted by atomic mass is 19.1. The fraction of sp³-hybridized carbons (Fsp3) is 0.316. The molecule has 0 spiro atoms. The Hall–Kier alpha value is -2.56. The van der Waals surface area contributed by atoms with E-state index in [0.717, 1.165) is 11.4 Å². The molecule has 0 unspecified atom stereocenters. The van der Waals surface area contributed by atoms with E-state index in [9.17, 15) is 4.39 Å². The van der Waals surface area contributed by atoms with Crippen molar-refractivity contribution in [3.63, 3.8) is 0 Å². The zero-order valence-corrected chi connectivity index (χ0v) is 14.6. The van der Waals surface area contributed by atoms with Crippen LogP contribution >= 0.6 is 0 Å². The van der Waals surface area contributed by atoms with Crippen LogP contribution in [0.25, 0.3) is 0 Å². The first kappa shape index (κ1) is 17.8. The predicted molar refractivity (Wildman–Crippen MR) is 99.0 cm³/mol. The lowest BCUT2D eigenvalue weighted by Crippen LogP contribution is -2.48. The number of hydrogen-bond donors (Lipinski definition) is 2. The van der Waals surface area contributed by atoms with Gasteiger partial charge < -0.3 is 5.32 Å². The molecule has 0 aromatic heterocycles. The number of nitrogens with zero attached hydrogens (tertiary/aromatic N) is 2. The van der Waals surface area contributed by atoms with Crippen molar-refractivity contribution < 1.29 is 4.39 Å². The highest BCUT2D eigenvalue weighted by Gasteiger charge is 2.13. The van der Waals surface area contributed by atoms with Crippen molar-refractivity contribution in [2.24, 2.45) is 4.99 Å². The molecule has 0 aliphatic carbocycles. The second-order valence-corrected chi connectivity index (χ2v) is 6.13. The summed E-state index contributed by atoms with van der Waals surface area (Å²) in [6.45, 7) is 8.16. The third kappa shape index (κ3) is 5.26. The first-order valence-corrected chi connectivity index (χ1v) is 8.17. The standard InChI is InChI=1S/C19H25FN4/c1-14(2)21-19(22-15(3)4)23-24(17-8-6-5-7-9-17)18-12-10-16(20)11-13-18/h5-15H,1-4H3,(H2,21,22,23). The van der Waals surface area contributed by atoms with Crippen molar-refractivity contribution in [2.45, 2.75) is 39.8 Å². The summed E-state index contributed by atoms with van der Waals surface area (Å²) < 4.78 is 13.3. The molecule has 24 heavy (non-hydrogen) atoms. The van der Waals surface area contributed by atoms with Gasteiger partial charge in [0.1, 0.15) is 5.82 Å². The zero-order chi connectivity index (χ0) is 17.5. The molecule has 0 radical (unpaired) electrons. The van der Waals surface area contributed by atoms with Crippen molar-refractivity contribution in [3.05, 3.63) is 60.4 Å². The summed E-state index contributed by atoms with van der Waals surface area (Å²) >= 11 is 0. The first-order chi connectivity index (χ1) is 11.5. The number of benzene rings is 2. The van der Waals surface area contributed by atoms with E-state index in [0.29, 0.717) is 5.96 Å². The number of aliphatic imine (C=N–C) groups is 1. The van der Waals surface area contributed by atoms with Gasteiger partial charge in [0, 0.05) is 12.1 Å². The van der Waals surface area contributed by atoms with Gasteiger partial charge in [-0.3, -0.25) is 10.4 Å². The predicted octanol–water partition coefficient (Wildman–Crippen LogP) is 4.23. The molecular formula is C19H25FN4. The van der Waals surface area contributed by atoms with E-state index in [1.165, 1.54) is 12.1 Å². The molecule has 128 valence electrons. The van der Waals surface area contributed by atoms with Crippen LogP contribution in [0.3, 0.4) is 0 Å². The van der Waals surface area contributed by atoms with Crippen LogP contribution in [-0.2, 0) is 0 Å². The number of rotatable bonds is 5. The van der Waals surface area contributed by atoms with E-state index in [1.807, 2.05) is 49.2 Å². The maximum absolute atomic E-state index is 13.3. The number of hydrogen-bond acceptors (Lipinski definition) is 2. The maximum Gasteiger partial charge on any atom is 0.211 e. The van der Waals surface area contributed by atoms with Crippen LogP contribution < -0.4 is 15.8 Å². The third-order valence-corrected chi connectivity index (χ3v) is 3.13. The average molecular weight is 328 g/mol. The highest BCUT2D eigenvalue weighted by molar-refractivity contribution is 5.84. The van der Waals surface area contributed by atoms with Gasteiger partial charge in [0.15, 0.2) is 0 Å². The Labute approximate surface area is 143 Å². The third-order valence-electron chi connectivity index (χ3n) is 3.13. The molecule has 2 rings (SSSR count). The summed E-state index contributed by atoms with van der Waals surface area (Å²) in [7, 11) is 0. The number of nitrogens with one attached hydrogen (secondary N) is 2. The highest BCUT2D eigenvalue weighted by Crippen LogP contribution is 2.23. The van der Waals surface area contributed by atoms with Crippen LogP contribution in [-0.4, -0.2) is 18.0 Å². The zero-order valence-electron chi connectivity index (χ0n) is 14.6. The van der Waals surface area contributed by atoms with Gasteiger partial charge >= 0.3 is 0 Å². The van der Waals surface area contributed by atoms with Crippen molar-refractivity contribution in [3.8, 4) is 0 Å². The Morgan fingerprint density at radius 3 is 2.04 bits per heavy atom. The van der Waals surface area contributed by atoms with Crippen molar-refractivity contribution in [1.29, 1.82) is 0 Å². The van der Waals surface area contributed by atoms with Crippen LogP contribution in [0.4, 0.5) is 15.8 Å². The van der Waals surface area contributed by atoms with E-state index < -0.39 is 0 Å². The fourth-order valence-electron chi connectivity index (χ4n) is 2.18. The van der Waals surface area contributed by atoms with Gasteiger partial charge in [-0.1, -0.05) is 18.2 Å². The van der Waals surface area contributed by atoms with Crippen LogP contribution in [0.1, 0.15) is 27.7 Å². The van der Waals surface area contributed by atoms with Gasteiger partial charge in [-0.15, -0.1) is 0 Å². The lowest BCUT2D eigenvalue weighted by atomic mass is 10.2. The van der Waals surface area contributed by atoms with Crippen LogP contribution in [0.5, 0.6) is 0 Å². The number of anilines is 2. The largest absolute Gasteiger partial charge is 0.353 e. The smallest absolute Gasteiger partial charge is 0.211 e. The minimum atomic E-state index is -0.261. The minimum Gasteiger partial charge on any atom is -0.353 e. The quantitative estimate of drug-likeness (QED) is 0.490. The van der Waals surface area contributed by atoms with Gasteiger partial charge in [0.25, 0.3) is 0 Å². The van der Waals surface area contributed by atoms with Crippen molar-refractivity contribution >= 4 is 17.3 Å². The molecule has 0 amide bonds. The number of para-hydroxylation sites is 1. The summed E-state index contributed by atoms with van der Waals surface area (Å²) in [6.07, 6.45) is 0. The van der Waals surface area contributed by atoms with E-state index in [1.54, 1.807) is 12.1 Å². The van der Waals surface area contributed by atoms with Crippen molar-refractivity contribution in [1.82, 2.24) is 10.7 Å². The van der Waals surface area contributed by atoms with Crippen molar-refractivity contribution in [2.75, 3.05) is 5.01 Å². The molecule has 2 N–H and O–H groups in total. The van der Waals surface area contributed by atoms with E-state index in [-0.39, 0.29) is 17.9 Å². The van der Waals surface area contributed by atoms with Crippen LogP contribution in [0.2, 0.25) is 0 Å².